The first-order chi connectivity index (χ1) is 9.03. The Morgan fingerprint density at radius 3 is 2.47 bits per heavy atom. The maximum absolute atomic E-state index is 12.3. The number of nitrogens with zero attached hydrogens (tertiary/aromatic N) is 1. The van der Waals surface area contributed by atoms with Crippen molar-refractivity contribution < 1.29 is 19.0 Å². The van der Waals surface area contributed by atoms with Gasteiger partial charge in [0.05, 0.1) is 24.2 Å². The number of carbonyl (C=O) groups is 1. The van der Waals surface area contributed by atoms with E-state index >= 15 is 0 Å². The molecule has 0 aliphatic rings. The highest BCUT2D eigenvalue weighted by atomic mass is 35.5. The maximum Gasteiger partial charge on any atom is 0.255 e. The molecular formula is C13H18ClNO4. The summed E-state index contributed by atoms with van der Waals surface area (Å²) in [6, 6.07) is 4.94. The van der Waals surface area contributed by atoms with E-state index < -0.39 is 6.29 Å². The third-order valence-electron chi connectivity index (χ3n) is 2.70. The van der Waals surface area contributed by atoms with Crippen molar-refractivity contribution >= 4 is 17.5 Å². The van der Waals surface area contributed by atoms with Crippen LogP contribution < -0.4 is 4.74 Å². The molecule has 1 aromatic carbocycles. The second-order valence-electron chi connectivity index (χ2n) is 3.93. The van der Waals surface area contributed by atoms with E-state index in [2.05, 4.69) is 0 Å². The summed E-state index contributed by atoms with van der Waals surface area (Å²) in [7, 11) is 6.23. The summed E-state index contributed by atoms with van der Waals surface area (Å²) in [5.41, 5.74) is 0.384. The molecule has 0 heterocycles. The number of benzene rings is 1. The van der Waals surface area contributed by atoms with Crippen LogP contribution in [-0.4, -0.2) is 52.0 Å². The average molecular weight is 288 g/mol. The molecule has 0 saturated heterocycles. The van der Waals surface area contributed by atoms with Gasteiger partial charge in [-0.1, -0.05) is 11.6 Å². The Kier molecular flexibility index (Phi) is 6.08. The number of amides is 1. The molecule has 0 saturated carbocycles. The first-order valence-electron chi connectivity index (χ1n) is 5.68. The highest BCUT2D eigenvalue weighted by molar-refractivity contribution is 6.33. The van der Waals surface area contributed by atoms with Crippen LogP contribution in [0.25, 0.3) is 0 Å². The monoisotopic (exact) mass is 287 g/mol. The predicted octanol–water partition coefficient (Wildman–Crippen LogP) is 2.04. The Morgan fingerprint density at radius 2 is 1.95 bits per heavy atom. The van der Waals surface area contributed by atoms with Gasteiger partial charge in [0, 0.05) is 21.3 Å². The lowest BCUT2D eigenvalue weighted by atomic mass is 10.2. The van der Waals surface area contributed by atoms with Crippen LogP contribution in [0.2, 0.25) is 5.02 Å². The Balaban J connectivity index is 2.87. The number of hydrogen-bond donors (Lipinski definition) is 0. The fraction of sp³-hybridized carbons (Fsp3) is 0.462. The van der Waals surface area contributed by atoms with Crippen LogP contribution in [0.5, 0.6) is 5.75 Å². The summed E-state index contributed by atoms with van der Waals surface area (Å²) in [5.74, 6) is 0.360. The number of likely N-dealkylation sites (N-methyl/N-ethyl adjacent to an activating group) is 1. The lowest BCUT2D eigenvalue weighted by molar-refractivity contribution is -0.110. The lowest BCUT2D eigenvalue weighted by Crippen LogP contribution is -2.36. The van der Waals surface area contributed by atoms with E-state index in [1.165, 1.54) is 26.2 Å². The second-order valence-corrected chi connectivity index (χ2v) is 4.34. The van der Waals surface area contributed by atoms with Gasteiger partial charge in [0.2, 0.25) is 0 Å². The molecule has 0 unspecified atom stereocenters. The third kappa shape index (κ3) is 4.09. The zero-order chi connectivity index (χ0) is 14.4. The zero-order valence-corrected chi connectivity index (χ0v) is 12.2. The van der Waals surface area contributed by atoms with E-state index in [1.54, 1.807) is 25.2 Å². The average Bonchev–Trinajstić information content (AvgIpc) is 2.44. The first-order valence-corrected chi connectivity index (χ1v) is 6.05. The molecule has 106 valence electrons. The summed E-state index contributed by atoms with van der Waals surface area (Å²) in [6.45, 7) is 0.305. The highest BCUT2D eigenvalue weighted by Crippen LogP contribution is 2.23. The molecule has 0 aromatic heterocycles. The number of methoxy groups -OCH3 is 3. The fourth-order valence-corrected chi connectivity index (χ4v) is 1.75. The van der Waals surface area contributed by atoms with Crippen molar-refractivity contribution in [2.24, 2.45) is 0 Å². The topological polar surface area (TPSA) is 48.0 Å². The number of carbonyl (C=O) groups excluding carboxylic acids is 1. The molecule has 0 N–H and O–H groups in total. The predicted molar refractivity (Wildman–Crippen MR) is 72.8 cm³/mol. The van der Waals surface area contributed by atoms with Crippen molar-refractivity contribution in [1.82, 2.24) is 4.90 Å². The zero-order valence-electron chi connectivity index (χ0n) is 11.5. The normalized spacial score (nSPS) is 10.6. The SMILES string of the molecule is COc1ccc(Cl)c(C(=O)N(C)CC(OC)OC)c1. The minimum Gasteiger partial charge on any atom is -0.497 e. The summed E-state index contributed by atoms with van der Waals surface area (Å²) < 4.78 is 15.2. The van der Waals surface area contributed by atoms with Crippen LogP contribution >= 0.6 is 11.6 Å². The van der Waals surface area contributed by atoms with Crippen LogP contribution in [-0.2, 0) is 9.47 Å². The molecule has 0 fully saturated rings. The standard InChI is InChI=1S/C13H18ClNO4/c1-15(8-12(18-3)19-4)13(16)10-7-9(17-2)5-6-11(10)14/h5-7,12H,8H2,1-4H3. The van der Waals surface area contributed by atoms with Gasteiger partial charge in [0.15, 0.2) is 6.29 Å². The second kappa shape index (κ2) is 7.33. The molecule has 0 radical (unpaired) electrons. The Labute approximate surface area is 118 Å². The molecule has 0 atom stereocenters. The largest absolute Gasteiger partial charge is 0.497 e. The number of halogens is 1. The van der Waals surface area contributed by atoms with Crippen molar-refractivity contribution in [2.75, 3.05) is 34.9 Å². The van der Waals surface area contributed by atoms with Gasteiger partial charge in [-0.3, -0.25) is 4.79 Å². The van der Waals surface area contributed by atoms with E-state index in [4.69, 9.17) is 25.8 Å². The van der Waals surface area contributed by atoms with E-state index in [0.717, 1.165) is 0 Å². The fourth-order valence-electron chi connectivity index (χ4n) is 1.55. The Hall–Kier alpha value is -1.30. The van der Waals surface area contributed by atoms with Gasteiger partial charge in [0.25, 0.3) is 5.91 Å². The molecule has 0 bridgehead atoms. The van der Waals surface area contributed by atoms with E-state index in [1.807, 2.05) is 0 Å². The minimum absolute atomic E-state index is 0.219. The molecule has 5 nitrogen and oxygen atoms in total. The Morgan fingerprint density at radius 1 is 1.32 bits per heavy atom. The molecular weight excluding hydrogens is 270 g/mol. The molecule has 1 amide bonds. The highest BCUT2D eigenvalue weighted by Gasteiger charge is 2.19. The number of ether oxygens (including phenoxy) is 3. The van der Waals surface area contributed by atoms with Crippen molar-refractivity contribution in [1.29, 1.82) is 0 Å². The van der Waals surface area contributed by atoms with E-state index in [9.17, 15) is 4.79 Å². The number of rotatable bonds is 6. The van der Waals surface area contributed by atoms with E-state index in [-0.39, 0.29) is 5.91 Å². The van der Waals surface area contributed by atoms with Gasteiger partial charge >= 0.3 is 0 Å². The van der Waals surface area contributed by atoms with Crippen LogP contribution in [0.3, 0.4) is 0 Å². The number of hydrogen-bond acceptors (Lipinski definition) is 4. The quantitative estimate of drug-likeness (QED) is 0.751. The van der Waals surface area contributed by atoms with Crippen LogP contribution in [0.1, 0.15) is 10.4 Å². The van der Waals surface area contributed by atoms with Gasteiger partial charge in [-0.25, -0.2) is 0 Å². The Bertz CT molecular complexity index is 435. The molecule has 0 spiro atoms. The van der Waals surface area contributed by atoms with Gasteiger partial charge < -0.3 is 19.1 Å². The molecule has 0 aliphatic heterocycles. The summed E-state index contributed by atoms with van der Waals surface area (Å²) in [5, 5.41) is 0.379. The molecule has 1 aromatic rings. The van der Waals surface area contributed by atoms with Gasteiger partial charge in [-0.15, -0.1) is 0 Å². The smallest absolute Gasteiger partial charge is 0.255 e. The minimum atomic E-state index is -0.474. The molecule has 1 rings (SSSR count). The first kappa shape index (κ1) is 15.8. The maximum atomic E-state index is 12.3. The summed E-state index contributed by atoms with van der Waals surface area (Å²) in [6.07, 6.45) is -0.474. The summed E-state index contributed by atoms with van der Waals surface area (Å²) in [4.78, 5) is 13.8. The summed E-state index contributed by atoms with van der Waals surface area (Å²) >= 11 is 6.03. The van der Waals surface area contributed by atoms with Crippen molar-refractivity contribution in [3.63, 3.8) is 0 Å². The van der Waals surface area contributed by atoms with E-state index in [0.29, 0.717) is 22.9 Å². The van der Waals surface area contributed by atoms with Crippen LogP contribution in [0, 0.1) is 0 Å². The molecule has 0 aliphatic carbocycles. The molecule has 6 heteroatoms. The van der Waals surface area contributed by atoms with Crippen molar-refractivity contribution in [3.8, 4) is 5.75 Å². The van der Waals surface area contributed by atoms with Gasteiger partial charge in [-0.05, 0) is 18.2 Å². The third-order valence-corrected chi connectivity index (χ3v) is 3.03. The van der Waals surface area contributed by atoms with Gasteiger partial charge in [-0.2, -0.15) is 0 Å². The lowest BCUT2D eigenvalue weighted by Gasteiger charge is -2.22. The van der Waals surface area contributed by atoms with Crippen LogP contribution in [0.15, 0.2) is 18.2 Å². The van der Waals surface area contributed by atoms with Crippen molar-refractivity contribution in [2.45, 2.75) is 6.29 Å². The van der Waals surface area contributed by atoms with Gasteiger partial charge in [0.1, 0.15) is 5.75 Å². The van der Waals surface area contributed by atoms with Crippen molar-refractivity contribution in [3.05, 3.63) is 28.8 Å². The van der Waals surface area contributed by atoms with Crippen LogP contribution in [0.4, 0.5) is 0 Å². The molecule has 19 heavy (non-hydrogen) atoms.